The molecule has 0 saturated carbocycles. The van der Waals surface area contributed by atoms with Gasteiger partial charge in [-0.3, -0.25) is 4.98 Å². The molecule has 1 atom stereocenters. The summed E-state index contributed by atoms with van der Waals surface area (Å²) in [5.74, 6) is 0. The van der Waals surface area contributed by atoms with Gasteiger partial charge in [0, 0.05) is 29.5 Å². The van der Waals surface area contributed by atoms with E-state index in [4.69, 9.17) is 0 Å². The molecule has 1 N–H and O–H groups in total. The Labute approximate surface area is 111 Å². The summed E-state index contributed by atoms with van der Waals surface area (Å²) in [5.41, 5.74) is 2.00. The van der Waals surface area contributed by atoms with Crippen LogP contribution in [0.2, 0.25) is 0 Å². The van der Waals surface area contributed by atoms with Crippen LogP contribution in [0.25, 0.3) is 10.8 Å². The van der Waals surface area contributed by atoms with E-state index in [0.29, 0.717) is 0 Å². The van der Waals surface area contributed by atoms with Crippen LogP contribution in [-0.2, 0) is 0 Å². The Bertz CT molecular complexity index is 677. The van der Waals surface area contributed by atoms with Gasteiger partial charge in [-0.1, -0.05) is 24.3 Å². The van der Waals surface area contributed by atoms with Gasteiger partial charge in [0.25, 0.3) is 0 Å². The van der Waals surface area contributed by atoms with E-state index in [-0.39, 0.29) is 6.04 Å². The third kappa shape index (κ3) is 2.18. The molecular weight excluding hydrogens is 236 g/mol. The van der Waals surface area contributed by atoms with Crippen LogP contribution in [0.4, 0.5) is 0 Å². The number of rotatable bonds is 3. The van der Waals surface area contributed by atoms with Gasteiger partial charge in [-0.25, -0.2) is 9.97 Å². The standard InChI is InChI=1S/C15H14N4/c1-16-14(12-8-17-10-18-9-12)15-13-5-3-2-4-11(13)6-7-19-15/h2-10,14,16H,1H3. The maximum Gasteiger partial charge on any atom is 0.115 e. The molecule has 0 saturated heterocycles. The number of nitrogens with zero attached hydrogens (tertiary/aromatic N) is 3. The Kier molecular flexibility index (Phi) is 3.16. The molecule has 4 heteroatoms. The Morgan fingerprint density at radius 2 is 1.84 bits per heavy atom. The molecule has 0 amide bonds. The smallest absolute Gasteiger partial charge is 0.115 e. The zero-order chi connectivity index (χ0) is 13.1. The molecule has 19 heavy (non-hydrogen) atoms. The Balaban J connectivity index is 2.17. The second kappa shape index (κ2) is 5.12. The van der Waals surface area contributed by atoms with Gasteiger partial charge in [0.1, 0.15) is 6.33 Å². The first kappa shape index (κ1) is 11.7. The molecule has 4 nitrogen and oxygen atoms in total. The average molecular weight is 250 g/mol. The van der Waals surface area contributed by atoms with Crippen molar-refractivity contribution in [3.63, 3.8) is 0 Å². The fraction of sp³-hybridized carbons (Fsp3) is 0.133. The largest absolute Gasteiger partial charge is 0.308 e. The van der Waals surface area contributed by atoms with Gasteiger partial charge in [0.05, 0.1) is 11.7 Å². The van der Waals surface area contributed by atoms with Gasteiger partial charge in [0.2, 0.25) is 0 Å². The van der Waals surface area contributed by atoms with Crippen molar-refractivity contribution in [2.45, 2.75) is 6.04 Å². The molecule has 0 fully saturated rings. The van der Waals surface area contributed by atoms with E-state index in [1.165, 1.54) is 11.7 Å². The highest BCUT2D eigenvalue weighted by atomic mass is 14.9. The van der Waals surface area contributed by atoms with Crippen LogP contribution < -0.4 is 5.32 Å². The number of hydrogen-bond donors (Lipinski definition) is 1. The van der Waals surface area contributed by atoms with Crippen molar-refractivity contribution < 1.29 is 0 Å². The van der Waals surface area contributed by atoms with Crippen LogP contribution >= 0.6 is 0 Å². The fourth-order valence-corrected chi connectivity index (χ4v) is 2.29. The summed E-state index contributed by atoms with van der Waals surface area (Å²) in [7, 11) is 1.92. The van der Waals surface area contributed by atoms with E-state index < -0.39 is 0 Å². The van der Waals surface area contributed by atoms with Crippen molar-refractivity contribution in [2.24, 2.45) is 0 Å². The normalized spacial score (nSPS) is 12.5. The van der Waals surface area contributed by atoms with Crippen LogP contribution in [0.5, 0.6) is 0 Å². The van der Waals surface area contributed by atoms with Gasteiger partial charge in [0.15, 0.2) is 0 Å². The quantitative estimate of drug-likeness (QED) is 0.775. The fourth-order valence-electron chi connectivity index (χ4n) is 2.29. The maximum absolute atomic E-state index is 4.54. The lowest BCUT2D eigenvalue weighted by Gasteiger charge is -2.17. The second-order valence-electron chi connectivity index (χ2n) is 4.31. The van der Waals surface area contributed by atoms with Crippen LogP contribution in [-0.4, -0.2) is 22.0 Å². The molecule has 0 aliphatic carbocycles. The minimum Gasteiger partial charge on any atom is -0.308 e. The SMILES string of the molecule is CNC(c1cncnc1)c1nccc2ccccc12. The van der Waals surface area contributed by atoms with Crippen molar-refractivity contribution in [3.05, 3.63) is 66.5 Å². The first-order valence-electron chi connectivity index (χ1n) is 6.16. The van der Waals surface area contributed by atoms with E-state index in [1.807, 2.05) is 43.8 Å². The first-order valence-corrected chi connectivity index (χ1v) is 6.16. The lowest BCUT2D eigenvalue weighted by molar-refractivity contribution is 0.670. The molecule has 94 valence electrons. The van der Waals surface area contributed by atoms with Crippen molar-refractivity contribution in [2.75, 3.05) is 7.05 Å². The predicted molar refractivity (Wildman–Crippen MR) is 74.7 cm³/mol. The molecule has 2 heterocycles. The molecule has 2 aromatic heterocycles. The Hall–Kier alpha value is -2.33. The molecular formula is C15H14N4. The topological polar surface area (TPSA) is 50.7 Å². The zero-order valence-electron chi connectivity index (χ0n) is 10.6. The average Bonchev–Trinajstić information content (AvgIpc) is 2.49. The lowest BCUT2D eigenvalue weighted by atomic mass is 10.0. The summed E-state index contributed by atoms with van der Waals surface area (Å²) < 4.78 is 0. The highest BCUT2D eigenvalue weighted by molar-refractivity contribution is 5.85. The summed E-state index contributed by atoms with van der Waals surface area (Å²) in [4.78, 5) is 12.7. The lowest BCUT2D eigenvalue weighted by Crippen LogP contribution is -2.19. The number of fused-ring (bicyclic) bond motifs is 1. The first-order chi connectivity index (χ1) is 9.40. The van der Waals surface area contributed by atoms with Gasteiger partial charge >= 0.3 is 0 Å². The number of benzene rings is 1. The molecule has 3 rings (SSSR count). The summed E-state index contributed by atoms with van der Waals surface area (Å²) in [6.07, 6.45) is 7.01. The summed E-state index contributed by atoms with van der Waals surface area (Å²) in [6.45, 7) is 0. The number of pyridine rings is 1. The van der Waals surface area contributed by atoms with Crippen molar-refractivity contribution >= 4 is 10.8 Å². The molecule has 0 spiro atoms. The van der Waals surface area contributed by atoms with Crippen LogP contribution in [0, 0.1) is 0 Å². The van der Waals surface area contributed by atoms with E-state index in [2.05, 4.69) is 32.4 Å². The van der Waals surface area contributed by atoms with E-state index in [0.717, 1.165) is 16.6 Å². The van der Waals surface area contributed by atoms with Crippen LogP contribution in [0.3, 0.4) is 0 Å². The van der Waals surface area contributed by atoms with Gasteiger partial charge in [-0.2, -0.15) is 0 Å². The molecule has 0 aliphatic heterocycles. The van der Waals surface area contributed by atoms with Crippen molar-refractivity contribution in [1.29, 1.82) is 0 Å². The molecule has 1 unspecified atom stereocenters. The highest BCUT2D eigenvalue weighted by Gasteiger charge is 2.16. The van der Waals surface area contributed by atoms with Crippen molar-refractivity contribution in [3.8, 4) is 0 Å². The summed E-state index contributed by atoms with van der Waals surface area (Å²) in [6, 6.07) is 10.3. The van der Waals surface area contributed by atoms with Gasteiger partial charge in [-0.15, -0.1) is 0 Å². The molecule has 1 aromatic carbocycles. The predicted octanol–water partition coefficient (Wildman–Crippen LogP) is 2.33. The monoisotopic (exact) mass is 250 g/mol. The third-order valence-electron chi connectivity index (χ3n) is 3.18. The third-order valence-corrected chi connectivity index (χ3v) is 3.18. The van der Waals surface area contributed by atoms with Crippen molar-refractivity contribution in [1.82, 2.24) is 20.3 Å². The Morgan fingerprint density at radius 1 is 1.05 bits per heavy atom. The highest BCUT2D eigenvalue weighted by Crippen LogP contribution is 2.25. The number of hydrogen-bond acceptors (Lipinski definition) is 4. The van der Waals surface area contributed by atoms with Gasteiger partial charge in [-0.05, 0) is 18.5 Å². The zero-order valence-corrected chi connectivity index (χ0v) is 10.6. The Morgan fingerprint density at radius 3 is 2.63 bits per heavy atom. The summed E-state index contributed by atoms with van der Waals surface area (Å²) in [5, 5.41) is 5.62. The molecule has 0 radical (unpaired) electrons. The number of nitrogens with one attached hydrogen (secondary N) is 1. The van der Waals surface area contributed by atoms with Gasteiger partial charge < -0.3 is 5.32 Å². The van der Waals surface area contributed by atoms with E-state index in [9.17, 15) is 0 Å². The minimum absolute atomic E-state index is 0.00713. The molecule has 0 aliphatic rings. The molecule has 0 bridgehead atoms. The van der Waals surface area contributed by atoms with E-state index >= 15 is 0 Å². The minimum atomic E-state index is -0.00713. The summed E-state index contributed by atoms with van der Waals surface area (Å²) >= 11 is 0. The van der Waals surface area contributed by atoms with E-state index in [1.54, 1.807) is 0 Å². The van der Waals surface area contributed by atoms with Crippen LogP contribution in [0.1, 0.15) is 17.3 Å². The van der Waals surface area contributed by atoms with Crippen LogP contribution in [0.15, 0.2) is 55.2 Å². The second-order valence-corrected chi connectivity index (χ2v) is 4.31. The maximum atomic E-state index is 4.54. The number of aromatic nitrogens is 3. The molecule has 3 aromatic rings.